The maximum atomic E-state index is 11.4. The van der Waals surface area contributed by atoms with Gasteiger partial charge in [0.1, 0.15) is 18.8 Å². The maximum absolute atomic E-state index is 11.4. The molecule has 1 aromatic rings. The molecule has 116 valence electrons. The van der Waals surface area contributed by atoms with Gasteiger partial charge in [-0.2, -0.15) is 0 Å². The first-order valence-corrected chi connectivity index (χ1v) is 7.82. The van der Waals surface area contributed by atoms with Gasteiger partial charge in [-0.25, -0.2) is 0 Å². The second kappa shape index (κ2) is 6.66. The van der Waals surface area contributed by atoms with Gasteiger partial charge in [0.05, 0.1) is 0 Å². The lowest BCUT2D eigenvalue weighted by molar-refractivity contribution is -0.144. The van der Waals surface area contributed by atoms with Crippen LogP contribution < -0.4 is 14.8 Å². The Balaban J connectivity index is 2.14. The molecule has 1 heterocycles. The molecular weight excluding hydrogens is 338 g/mol. The van der Waals surface area contributed by atoms with Gasteiger partial charge in [-0.3, -0.25) is 10.1 Å². The zero-order valence-electron chi connectivity index (χ0n) is 12.2. The minimum Gasteiger partial charge on any atom is -0.486 e. The highest BCUT2D eigenvalue weighted by Crippen LogP contribution is 2.35. The molecule has 1 atom stereocenters. The monoisotopic (exact) mass is 357 g/mol. The molecule has 0 aromatic heterocycles. The summed E-state index contributed by atoms with van der Waals surface area (Å²) in [6, 6.07) is 3.75. The number of carbonyl (C=O) groups is 1. The van der Waals surface area contributed by atoms with Crippen molar-refractivity contribution in [1.82, 2.24) is 5.32 Å². The average Bonchev–Trinajstić information content (AvgIpc) is 2.45. The summed E-state index contributed by atoms with van der Waals surface area (Å²) in [7, 11) is 0. The van der Waals surface area contributed by atoms with E-state index < -0.39 is 11.5 Å². The van der Waals surface area contributed by atoms with Crippen molar-refractivity contribution in [3.8, 4) is 11.5 Å². The van der Waals surface area contributed by atoms with Crippen molar-refractivity contribution in [2.45, 2.75) is 38.8 Å². The normalized spacial score (nSPS) is 16.3. The first kappa shape index (κ1) is 16.1. The smallest absolute Gasteiger partial charge is 0.323 e. The van der Waals surface area contributed by atoms with Gasteiger partial charge in [-0.05, 0) is 31.0 Å². The molecule has 6 heteroatoms. The average molecular weight is 358 g/mol. The third-order valence-electron chi connectivity index (χ3n) is 3.60. The lowest BCUT2D eigenvalue weighted by Crippen LogP contribution is -2.49. The highest BCUT2D eigenvalue weighted by Gasteiger charge is 2.31. The molecule has 2 rings (SSSR count). The predicted molar refractivity (Wildman–Crippen MR) is 82.9 cm³/mol. The van der Waals surface area contributed by atoms with Crippen molar-refractivity contribution < 1.29 is 19.4 Å². The maximum Gasteiger partial charge on any atom is 0.323 e. The van der Waals surface area contributed by atoms with Gasteiger partial charge < -0.3 is 14.6 Å². The number of carboxylic acids is 1. The Bertz CT molecular complexity index is 535. The van der Waals surface area contributed by atoms with Crippen molar-refractivity contribution in [3.05, 3.63) is 22.2 Å². The highest BCUT2D eigenvalue weighted by molar-refractivity contribution is 9.10. The number of carboxylic acid groups (broad SMARTS) is 1. The van der Waals surface area contributed by atoms with Crippen LogP contribution in [0.1, 0.15) is 32.3 Å². The molecule has 5 nitrogen and oxygen atoms in total. The van der Waals surface area contributed by atoms with E-state index in [1.165, 1.54) is 0 Å². The molecule has 0 saturated carbocycles. The molecule has 0 saturated heterocycles. The summed E-state index contributed by atoms with van der Waals surface area (Å²) in [4.78, 5) is 11.4. The minimum absolute atomic E-state index is 0.444. The number of halogens is 1. The standard InChI is InChI=1S/C15H20BrNO4/c1-3-4-15(2,14(18)19)17-9-10-7-12-13(8-11(10)16)21-6-5-20-12/h7-8,17H,3-6,9H2,1-2H3,(H,18,19). The molecule has 1 aliphatic rings. The first-order chi connectivity index (χ1) is 9.96. The first-order valence-electron chi connectivity index (χ1n) is 7.02. The second-order valence-corrected chi connectivity index (χ2v) is 6.18. The Labute approximate surface area is 132 Å². The molecule has 0 amide bonds. The van der Waals surface area contributed by atoms with E-state index in [1.807, 2.05) is 19.1 Å². The largest absolute Gasteiger partial charge is 0.486 e. The number of ether oxygens (including phenoxy) is 2. The second-order valence-electron chi connectivity index (χ2n) is 5.33. The van der Waals surface area contributed by atoms with Gasteiger partial charge in [0.25, 0.3) is 0 Å². The SMILES string of the molecule is CCCC(C)(NCc1cc2c(cc1Br)OCCO2)C(=O)O. The summed E-state index contributed by atoms with van der Waals surface area (Å²) in [6.07, 6.45) is 1.38. The molecule has 0 aliphatic carbocycles. The predicted octanol–water partition coefficient (Wildman–Crippen LogP) is 2.95. The van der Waals surface area contributed by atoms with Crippen molar-refractivity contribution in [2.75, 3.05) is 13.2 Å². The van der Waals surface area contributed by atoms with E-state index in [1.54, 1.807) is 6.92 Å². The fourth-order valence-corrected chi connectivity index (χ4v) is 2.77. The number of nitrogens with one attached hydrogen (secondary N) is 1. The van der Waals surface area contributed by atoms with Gasteiger partial charge in [0.15, 0.2) is 11.5 Å². The summed E-state index contributed by atoms with van der Waals surface area (Å²) in [5, 5.41) is 12.5. The summed E-state index contributed by atoms with van der Waals surface area (Å²) >= 11 is 3.50. The van der Waals surface area contributed by atoms with E-state index in [4.69, 9.17) is 9.47 Å². The Morgan fingerprint density at radius 3 is 2.57 bits per heavy atom. The summed E-state index contributed by atoms with van der Waals surface area (Å²) < 4.78 is 11.9. The van der Waals surface area contributed by atoms with Crippen molar-refractivity contribution in [1.29, 1.82) is 0 Å². The Kier molecular flexibility index (Phi) is 5.11. The van der Waals surface area contributed by atoms with Crippen LogP contribution in [-0.2, 0) is 11.3 Å². The van der Waals surface area contributed by atoms with Crippen molar-refractivity contribution in [3.63, 3.8) is 0 Å². The minimum atomic E-state index is -0.929. The fraction of sp³-hybridized carbons (Fsp3) is 0.533. The molecule has 0 fully saturated rings. The van der Waals surface area contributed by atoms with Crippen LogP contribution in [0.3, 0.4) is 0 Å². The number of hydrogen-bond donors (Lipinski definition) is 2. The summed E-state index contributed by atoms with van der Waals surface area (Å²) in [6.45, 7) is 5.21. The zero-order valence-corrected chi connectivity index (χ0v) is 13.8. The lowest BCUT2D eigenvalue weighted by atomic mass is 9.96. The molecule has 1 aromatic carbocycles. The van der Waals surface area contributed by atoms with Crippen LogP contribution in [0.2, 0.25) is 0 Å². The van der Waals surface area contributed by atoms with E-state index in [9.17, 15) is 9.90 Å². The third kappa shape index (κ3) is 3.68. The molecule has 0 bridgehead atoms. The quantitative estimate of drug-likeness (QED) is 0.819. The van der Waals surface area contributed by atoms with Gasteiger partial charge in [0, 0.05) is 11.0 Å². The Morgan fingerprint density at radius 1 is 1.38 bits per heavy atom. The molecule has 2 N–H and O–H groups in total. The fourth-order valence-electron chi connectivity index (χ4n) is 2.30. The zero-order chi connectivity index (χ0) is 15.5. The molecule has 0 spiro atoms. The summed E-state index contributed by atoms with van der Waals surface area (Å²) in [5.41, 5.74) is 0.0179. The number of fused-ring (bicyclic) bond motifs is 1. The van der Waals surface area contributed by atoms with Gasteiger partial charge in [-0.1, -0.05) is 29.3 Å². The van der Waals surface area contributed by atoms with Crippen LogP contribution >= 0.6 is 15.9 Å². The van der Waals surface area contributed by atoms with Crippen LogP contribution in [0.15, 0.2) is 16.6 Å². The molecular formula is C15H20BrNO4. The van der Waals surface area contributed by atoms with Gasteiger partial charge in [-0.15, -0.1) is 0 Å². The molecule has 0 radical (unpaired) electrons. The highest BCUT2D eigenvalue weighted by atomic mass is 79.9. The van der Waals surface area contributed by atoms with E-state index >= 15 is 0 Å². The van der Waals surface area contributed by atoms with Crippen LogP contribution in [0.4, 0.5) is 0 Å². The van der Waals surface area contributed by atoms with Crippen LogP contribution in [0, 0.1) is 0 Å². The van der Waals surface area contributed by atoms with Crippen molar-refractivity contribution >= 4 is 21.9 Å². The van der Waals surface area contributed by atoms with Gasteiger partial charge in [0.2, 0.25) is 0 Å². The van der Waals surface area contributed by atoms with Gasteiger partial charge >= 0.3 is 5.97 Å². The molecule has 21 heavy (non-hydrogen) atoms. The van der Waals surface area contributed by atoms with E-state index in [-0.39, 0.29) is 0 Å². The molecule has 1 aliphatic heterocycles. The topological polar surface area (TPSA) is 67.8 Å². The summed E-state index contributed by atoms with van der Waals surface area (Å²) in [5.74, 6) is 0.582. The lowest BCUT2D eigenvalue weighted by Gasteiger charge is -2.27. The van der Waals surface area contributed by atoms with E-state index in [2.05, 4.69) is 21.2 Å². The van der Waals surface area contributed by atoms with E-state index in [0.29, 0.717) is 37.7 Å². The Hall–Kier alpha value is -1.27. The number of benzene rings is 1. The Morgan fingerprint density at radius 2 is 2.00 bits per heavy atom. The molecule has 1 unspecified atom stereocenters. The number of aliphatic carboxylic acids is 1. The number of hydrogen-bond acceptors (Lipinski definition) is 4. The third-order valence-corrected chi connectivity index (χ3v) is 4.34. The number of rotatable bonds is 6. The van der Waals surface area contributed by atoms with Crippen LogP contribution in [0.5, 0.6) is 11.5 Å². The van der Waals surface area contributed by atoms with Crippen LogP contribution in [-0.4, -0.2) is 29.8 Å². The van der Waals surface area contributed by atoms with Crippen molar-refractivity contribution in [2.24, 2.45) is 0 Å². The van der Waals surface area contributed by atoms with Crippen LogP contribution in [0.25, 0.3) is 0 Å². The van der Waals surface area contributed by atoms with E-state index in [0.717, 1.165) is 16.5 Å².